The zero-order valence-electron chi connectivity index (χ0n) is 11.2. The summed E-state index contributed by atoms with van der Waals surface area (Å²) < 4.78 is 6.72. The molecule has 0 unspecified atom stereocenters. The first kappa shape index (κ1) is 12.9. The Hall–Kier alpha value is -2.13. The SMILES string of the molecule is CCOc1cccc(C=Cc2nc3ccccc3s2)c1. The number of hydrogen-bond donors (Lipinski definition) is 0. The molecule has 0 aliphatic rings. The van der Waals surface area contributed by atoms with E-state index >= 15 is 0 Å². The standard InChI is InChI=1S/C17H15NOS/c1-2-19-14-7-5-6-13(12-14)10-11-17-18-15-8-3-4-9-16(15)20-17/h3-12H,2H2,1H3. The Kier molecular flexibility index (Phi) is 3.79. The third-order valence-electron chi connectivity index (χ3n) is 2.90. The summed E-state index contributed by atoms with van der Waals surface area (Å²) >= 11 is 1.70. The predicted octanol–water partition coefficient (Wildman–Crippen LogP) is 4.87. The van der Waals surface area contributed by atoms with Crippen LogP contribution < -0.4 is 4.74 Å². The zero-order valence-corrected chi connectivity index (χ0v) is 12.1. The van der Waals surface area contributed by atoms with Gasteiger partial charge in [0.25, 0.3) is 0 Å². The highest BCUT2D eigenvalue weighted by Gasteiger charge is 1.99. The summed E-state index contributed by atoms with van der Waals surface area (Å²) in [6.07, 6.45) is 4.12. The molecule has 0 amide bonds. The smallest absolute Gasteiger partial charge is 0.119 e. The summed E-state index contributed by atoms with van der Waals surface area (Å²) in [5, 5.41) is 1.02. The van der Waals surface area contributed by atoms with E-state index in [0.29, 0.717) is 6.61 Å². The van der Waals surface area contributed by atoms with Crippen molar-refractivity contribution in [1.29, 1.82) is 0 Å². The van der Waals surface area contributed by atoms with Crippen LogP contribution in [0.1, 0.15) is 17.5 Å². The number of ether oxygens (including phenoxy) is 1. The second-order valence-electron chi connectivity index (χ2n) is 4.36. The van der Waals surface area contributed by atoms with Gasteiger partial charge in [0.2, 0.25) is 0 Å². The molecule has 0 saturated heterocycles. The van der Waals surface area contributed by atoms with Crippen LogP contribution in [0.4, 0.5) is 0 Å². The highest BCUT2D eigenvalue weighted by atomic mass is 32.1. The van der Waals surface area contributed by atoms with E-state index in [9.17, 15) is 0 Å². The molecule has 20 heavy (non-hydrogen) atoms. The minimum Gasteiger partial charge on any atom is -0.494 e. The summed E-state index contributed by atoms with van der Waals surface area (Å²) in [5.41, 5.74) is 2.18. The lowest BCUT2D eigenvalue weighted by atomic mass is 10.2. The van der Waals surface area contributed by atoms with Crippen molar-refractivity contribution in [3.8, 4) is 5.75 Å². The number of hydrogen-bond acceptors (Lipinski definition) is 3. The lowest BCUT2D eigenvalue weighted by Crippen LogP contribution is -1.90. The Morgan fingerprint density at radius 3 is 2.85 bits per heavy atom. The van der Waals surface area contributed by atoms with Gasteiger partial charge in [-0.05, 0) is 42.8 Å². The molecule has 1 aromatic heterocycles. The van der Waals surface area contributed by atoms with Gasteiger partial charge in [-0.3, -0.25) is 0 Å². The fourth-order valence-corrected chi connectivity index (χ4v) is 2.87. The van der Waals surface area contributed by atoms with Gasteiger partial charge in [0.1, 0.15) is 10.8 Å². The number of benzene rings is 2. The van der Waals surface area contributed by atoms with Gasteiger partial charge in [-0.2, -0.15) is 0 Å². The number of para-hydroxylation sites is 1. The Labute approximate surface area is 122 Å². The minimum absolute atomic E-state index is 0.686. The van der Waals surface area contributed by atoms with Crippen molar-refractivity contribution < 1.29 is 4.74 Å². The van der Waals surface area contributed by atoms with E-state index in [1.807, 2.05) is 43.3 Å². The summed E-state index contributed by atoms with van der Waals surface area (Å²) in [4.78, 5) is 4.59. The predicted molar refractivity (Wildman–Crippen MR) is 86.2 cm³/mol. The van der Waals surface area contributed by atoms with Crippen molar-refractivity contribution in [2.45, 2.75) is 6.92 Å². The fraction of sp³-hybridized carbons (Fsp3) is 0.118. The van der Waals surface area contributed by atoms with Crippen LogP contribution in [-0.2, 0) is 0 Å². The molecule has 3 rings (SSSR count). The number of nitrogens with zero attached hydrogens (tertiary/aromatic N) is 1. The Balaban J connectivity index is 1.84. The fourth-order valence-electron chi connectivity index (χ4n) is 2.00. The molecule has 3 heteroatoms. The Morgan fingerprint density at radius 2 is 2.00 bits per heavy atom. The van der Waals surface area contributed by atoms with Gasteiger partial charge >= 0.3 is 0 Å². The van der Waals surface area contributed by atoms with Crippen LogP contribution in [0.25, 0.3) is 22.4 Å². The molecule has 2 nitrogen and oxygen atoms in total. The number of thiazole rings is 1. The molecule has 3 aromatic rings. The number of fused-ring (bicyclic) bond motifs is 1. The van der Waals surface area contributed by atoms with E-state index in [-0.39, 0.29) is 0 Å². The average Bonchev–Trinajstić information content (AvgIpc) is 2.89. The topological polar surface area (TPSA) is 22.1 Å². The third-order valence-corrected chi connectivity index (χ3v) is 3.90. The molecule has 0 radical (unpaired) electrons. The van der Waals surface area contributed by atoms with Crippen LogP contribution in [0.3, 0.4) is 0 Å². The molecule has 0 atom stereocenters. The van der Waals surface area contributed by atoms with Gasteiger partial charge < -0.3 is 4.74 Å². The van der Waals surface area contributed by atoms with Crippen molar-refractivity contribution in [3.05, 3.63) is 59.1 Å². The normalized spacial score (nSPS) is 11.2. The van der Waals surface area contributed by atoms with Gasteiger partial charge in [0, 0.05) is 0 Å². The van der Waals surface area contributed by atoms with E-state index in [1.54, 1.807) is 11.3 Å². The number of aromatic nitrogens is 1. The Bertz CT molecular complexity index is 712. The van der Waals surface area contributed by atoms with Gasteiger partial charge in [0.15, 0.2) is 0 Å². The molecule has 1 heterocycles. The van der Waals surface area contributed by atoms with Gasteiger partial charge in [0.05, 0.1) is 16.8 Å². The molecule has 0 spiro atoms. The van der Waals surface area contributed by atoms with Gasteiger partial charge in [-0.15, -0.1) is 11.3 Å². The van der Waals surface area contributed by atoms with Crippen molar-refractivity contribution >= 4 is 33.7 Å². The van der Waals surface area contributed by atoms with Crippen LogP contribution in [0, 0.1) is 0 Å². The molecule has 100 valence electrons. The molecule has 0 fully saturated rings. The summed E-state index contributed by atoms with van der Waals surface area (Å²) in [7, 11) is 0. The van der Waals surface area contributed by atoms with E-state index in [1.165, 1.54) is 4.70 Å². The zero-order chi connectivity index (χ0) is 13.8. The highest BCUT2D eigenvalue weighted by Crippen LogP contribution is 2.23. The monoisotopic (exact) mass is 281 g/mol. The average molecular weight is 281 g/mol. The van der Waals surface area contributed by atoms with Crippen LogP contribution in [0.15, 0.2) is 48.5 Å². The van der Waals surface area contributed by atoms with Crippen LogP contribution in [-0.4, -0.2) is 11.6 Å². The van der Waals surface area contributed by atoms with E-state index in [0.717, 1.165) is 21.8 Å². The largest absolute Gasteiger partial charge is 0.494 e. The first-order valence-corrected chi connectivity index (χ1v) is 7.43. The lowest BCUT2D eigenvalue weighted by Gasteiger charge is -2.02. The van der Waals surface area contributed by atoms with Crippen LogP contribution in [0.2, 0.25) is 0 Å². The quantitative estimate of drug-likeness (QED) is 0.681. The molecule has 2 aromatic carbocycles. The molecule has 0 aliphatic heterocycles. The van der Waals surface area contributed by atoms with Crippen molar-refractivity contribution in [2.75, 3.05) is 6.61 Å². The highest BCUT2D eigenvalue weighted by molar-refractivity contribution is 7.19. The maximum Gasteiger partial charge on any atom is 0.119 e. The maximum absolute atomic E-state index is 5.50. The van der Waals surface area contributed by atoms with Crippen LogP contribution >= 0.6 is 11.3 Å². The van der Waals surface area contributed by atoms with Crippen LogP contribution in [0.5, 0.6) is 5.75 Å². The first-order valence-electron chi connectivity index (χ1n) is 6.61. The summed E-state index contributed by atoms with van der Waals surface area (Å²) in [6.45, 7) is 2.68. The third kappa shape index (κ3) is 2.89. The second kappa shape index (κ2) is 5.88. The summed E-state index contributed by atoms with van der Waals surface area (Å²) in [5.74, 6) is 0.902. The molecule has 0 N–H and O–H groups in total. The molecule has 0 saturated carbocycles. The van der Waals surface area contributed by atoms with E-state index in [2.05, 4.69) is 29.3 Å². The molecule has 0 bridgehead atoms. The maximum atomic E-state index is 5.50. The molecule has 0 aliphatic carbocycles. The van der Waals surface area contributed by atoms with Gasteiger partial charge in [-0.1, -0.05) is 30.3 Å². The number of rotatable bonds is 4. The Morgan fingerprint density at radius 1 is 1.10 bits per heavy atom. The van der Waals surface area contributed by atoms with E-state index < -0.39 is 0 Å². The molecular formula is C17H15NOS. The van der Waals surface area contributed by atoms with Crippen molar-refractivity contribution in [2.24, 2.45) is 0 Å². The minimum atomic E-state index is 0.686. The van der Waals surface area contributed by atoms with Crippen molar-refractivity contribution in [1.82, 2.24) is 4.98 Å². The lowest BCUT2D eigenvalue weighted by molar-refractivity contribution is 0.340. The molecular weight excluding hydrogens is 266 g/mol. The summed E-state index contributed by atoms with van der Waals surface area (Å²) in [6, 6.07) is 16.3. The van der Waals surface area contributed by atoms with Crippen molar-refractivity contribution in [3.63, 3.8) is 0 Å². The second-order valence-corrected chi connectivity index (χ2v) is 5.42. The first-order chi connectivity index (χ1) is 9.85. The van der Waals surface area contributed by atoms with E-state index in [4.69, 9.17) is 4.74 Å². The van der Waals surface area contributed by atoms with Gasteiger partial charge in [-0.25, -0.2) is 4.98 Å².